The molecule has 1 aliphatic rings. The summed E-state index contributed by atoms with van der Waals surface area (Å²) in [7, 11) is 9.74. The second kappa shape index (κ2) is 18.7. The Labute approximate surface area is 325 Å². The van der Waals surface area contributed by atoms with E-state index in [9.17, 15) is 0 Å². The van der Waals surface area contributed by atoms with Crippen LogP contribution < -0.4 is 5.19 Å². The van der Waals surface area contributed by atoms with Crippen LogP contribution in [0.25, 0.3) is 43.8 Å². The van der Waals surface area contributed by atoms with Crippen molar-refractivity contribution in [1.29, 1.82) is 0 Å². The van der Waals surface area contributed by atoms with Gasteiger partial charge in [-0.05, 0) is 40.9 Å². The molecule has 0 aliphatic heterocycles. The van der Waals surface area contributed by atoms with Crippen molar-refractivity contribution in [3.8, 4) is 22.3 Å². The van der Waals surface area contributed by atoms with Crippen molar-refractivity contribution < 1.29 is 20.8 Å². The van der Waals surface area contributed by atoms with E-state index in [0.717, 1.165) is 15.4 Å². The fraction of sp³-hybridized carbons (Fsp3) is 0.333. The van der Waals surface area contributed by atoms with Crippen LogP contribution in [0.2, 0.25) is 32.7 Å². The van der Waals surface area contributed by atoms with E-state index >= 15 is 0 Å². The topological polar surface area (TPSA) is 0 Å². The van der Waals surface area contributed by atoms with E-state index in [-0.39, 0.29) is 5.41 Å². The molecule has 0 unspecified atom stereocenters. The van der Waals surface area contributed by atoms with E-state index in [1.807, 2.05) is 0 Å². The van der Waals surface area contributed by atoms with Crippen molar-refractivity contribution in [2.45, 2.75) is 97.4 Å². The number of halogens is 2. The van der Waals surface area contributed by atoms with Gasteiger partial charge in [0.15, 0.2) is 0 Å². The molecule has 260 valence electrons. The summed E-state index contributed by atoms with van der Waals surface area (Å²) in [5, 5.41) is 7.05. The van der Waals surface area contributed by atoms with Crippen molar-refractivity contribution in [2.75, 3.05) is 0 Å². The quantitative estimate of drug-likeness (QED) is 0.123. The molecule has 5 heteroatoms. The zero-order valence-electron chi connectivity index (χ0n) is 31.6. The molecule has 6 aromatic carbocycles. The summed E-state index contributed by atoms with van der Waals surface area (Å²) >= 11 is -0.826. The van der Waals surface area contributed by atoms with Crippen molar-refractivity contribution >= 4 is 61.4 Å². The Kier molecular flexibility index (Phi) is 15.2. The van der Waals surface area contributed by atoms with E-state index in [1.165, 1.54) is 85.8 Å². The summed E-state index contributed by atoms with van der Waals surface area (Å²) in [6.45, 7) is 20.5. The van der Waals surface area contributed by atoms with Crippen molar-refractivity contribution in [3.63, 3.8) is 0 Å². The molecule has 0 aromatic heterocycles. The molecule has 1 saturated carbocycles. The third kappa shape index (κ3) is 10.8. The van der Waals surface area contributed by atoms with Gasteiger partial charge in [0.05, 0.1) is 8.07 Å². The molecular weight excluding hydrogens is 759 g/mol. The Hall–Kier alpha value is -2.00. The Morgan fingerprint density at radius 3 is 1.64 bits per heavy atom. The first-order chi connectivity index (χ1) is 23.8. The second-order valence-electron chi connectivity index (χ2n) is 15.6. The minimum atomic E-state index is -1.21. The molecule has 0 bridgehead atoms. The van der Waals surface area contributed by atoms with Crippen LogP contribution in [0.4, 0.5) is 0 Å². The molecule has 1 fully saturated rings. The van der Waals surface area contributed by atoms with E-state index in [2.05, 4.69) is 170 Å². The molecule has 0 atom stereocenters. The third-order valence-corrected chi connectivity index (χ3v) is 11.7. The first kappa shape index (κ1) is 40.8. The average Bonchev–Trinajstić information content (AvgIpc) is 3.84. The van der Waals surface area contributed by atoms with Crippen LogP contribution in [0, 0.1) is 6.92 Å². The van der Waals surface area contributed by atoms with Gasteiger partial charge in [-0.3, -0.25) is 0 Å². The standard InChI is InChI=1S/C24H27.C19H21Si.C2H6Si.2ClH.Zr/c1-24(2,3)21-13-11-18(12-14-21)22-10-6-9-19-15-20(16-23(19)22)17-7-4-5-8-17;1-14-12-16-6-5-7-18(19(16)13-14)15-8-10-17(11-9-15)20(2,3)4;1-3-2;;;/h6,9-17H,4-5,7-8H2,1-3H3;5-13H,1-4H3;1-2H3;2*1H;/q2*-1;;;;+4/p-2. The third-order valence-electron chi connectivity index (χ3n) is 9.62. The molecule has 0 amide bonds. The molecule has 2 radical (unpaired) electrons. The predicted molar refractivity (Wildman–Crippen MR) is 227 cm³/mol. The van der Waals surface area contributed by atoms with Crippen molar-refractivity contribution in [1.82, 2.24) is 0 Å². The second-order valence-corrected chi connectivity index (χ2v) is 25.5. The van der Waals surface area contributed by atoms with E-state index in [1.54, 1.807) is 5.56 Å². The van der Waals surface area contributed by atoms with Crippen LogP contribution in [0.1, 0.15) is 69.1 Å². The van der Waals surface area contributed by atoms with Crippen LogP contribution in [0.5, 0.6) is 0 Å². The monoisotopic (exact) mass is 810 g/mol. The van der Waals surface area contributed by atoms with Crippen LogP contribution in [-0.2, 0) is 26.3 Å². The molecule has 7 rings (SSSR count). The van der Waals surface area contributed by atoms with Gasteiger partial charge in [-0.1, -0.05) is 150 Å². The van der Waals surface area contributed by atoms with E-state index in [4.69, 9.17) is 17.0 Å². The summed E-state index contributed by atoms with van der Waals surface area (Å²) in [6.07, 6.45) is 5.53. The summed E-state index contributed by atoms with van der Waals surface area (Å²) in [5.41, 5.74) is 9.87. The molecule has 1 aliphatic carbocycles. The number of rotatable bonds is 4. The number of hydrogen-bond donors (Lipinski definition) is 0. The Balaban J connectivity index is 0.000000197. The Morgan fingerprint density at radius 1 is 0.700 bits per heavy atom. The minimum absolute atomic E-state index is 0.209. The molecule has 0 N–H and O–H groups in total. The Morgan fingerprint density at radius 2 is 1.16 bits per heavy atom. The zero-order chi connectivity index (χ0) is 36.5. The molecule has 0 saturated heterocycles. The summed E-state index contributed by atoms with van der Waals surface area (Å²) in [6, 6.07) is 41.1. The number of hydrogen-bond acceptors (Lipinski definition) is 0. The van der Waals surface area contributed by atoms with Crippen molar-refractivity contribution in [3.05, 3.63) is 126 Å². The van der Waals surface area contributed by atoms with Gasteiger partial charge in [0.1, 0.15) is 0 Å². The first-order valence-electron chi connectivity index (χ1n) is 17.9. The average molecular weight is 813 g/mol. The van der Waals surface area contributed by atoms with Gasteiger partial charge in [-0.2, -0.15) is 12.1 Å². The van der Waals surface area contributed by atoms with E-state index in [0.29, 0.717) is 0 Å². The number of fused-ring (bicyclic) bond motifs is 2. The number of benzene rings is 4. The SMILES string of the molecule is CC(C)(C)c1ccc(-c2cccc3[cH-]c(C4CCCC4)cc23)cc1.C[Si]C.Cc1cc2c(-c3ccc([Si](C)(C)C)cc3)cccc2[cH-]1.[Cl][Zr+2][Cl]. The maximum absolute atomic E-state index is 4.93. The molecular formula is C45H54Cl2Si2Zr. The fourth-order valence-corrected chi connectivity index (χ4v) is 8.11. The van der Waals surface area contributed by atoms with Crippen LogP contribution in [0.15, 0.2) is 109 Å². The van der Waals surface area contributed by atoms with Crippen molar-refractivity contribution in [2.24, 2.45) is 0 Å². The van der Waals surface area contributed by atoms with Gasteiger partial charge in [-0.25, -0.2) is 0 Å². The first-order valence-corrected chi connectivity index (χ1v) is 29.8. The van der Waals surface area contributed by atoms with Gasteiger partial charge in [0, 0.05) is 9.52 Å². The number of aryl methyl sites for hydroxylation is 1. The molecule has 0 nitrogen and oxygen atoms in total. The van der Waals surface area contributed by atoms with Crippen LogP contribution in [-0.4, -0.2) is 17.6 Å². The van der Waals surface area contributed by atoms with Crippen LogP contribution in [0.3, 0.4) is 0 Å². The van der Waals surface area contributed by atoms with E-state index < -0.39 is 28.9 Å². The predicted octanol–water partition coefficient (Wildman–Crippen LogP) is 14.4. The zero-order valence-corrected chi connectivity index (χ0v) is 37.5. The molecule has 0 heterocycles. The maximum atomic E-state index is 4.93. The molecule has 0 spiro atoms. The van der Waals surface area contributed by atoms with Crippen LogP contribution >= 0.6 is 17.0 Å². The normalized spacial score (nSPS) is 13.1. The summed E-state index contributed by atoms with van der Waals surface area (Å²) in [4.78, 5) is 0. The van der Waals surface area contributed by atoms with Gasteiger partial charge < -0.3 is 0 Å². The fourth-order valence-electron chi connectivity index (χ4n) is 6.94. The Bertz CT molecular complexity index is 1910. The molecule has 6 aromatic rings. The van der Waals surface area contributed by atoms with Gasteiger partial charge in [-0.15, -0.1) is 69.1 Å². The van der Waals surface area contributed by atoms with Gasteiger partial charge in [0.2, 0.25) is 0 Å². The van der Waals surface area contributed by atoms with Gasteiger partial charge in [0.25, 0.3) is 0 Å². The summed E-state index contributed by atoms with van der Waals surface area (Å²) in [5.74, 6) is 0.786. The summed E-state index contributed by atoms with van der Waals surface area (Å²) < 4.78 is 0. The molecule has 50 heavy (non-hydrogen) atoms. The van der Waals surface area contributed by atoms with Gasteiger partial charge >= 0.3 is 37.9 Å².